The van der Waals surface area contributed by atoms with E-state index in [-0.39, 0.29) is 18.6 Å². The molecule has 0 spiro atoms. The maximum atomic E-state index is 12.3. The van der Waals surface area contributed by atoms with Gasteiger partial charge in [-0.2, -0.15) is 0 Å². The van der Waals surface area contributed by atoms with Crippen molar-refractivity contribution in [1.82, 2.24) is 10.2 Å². The van der Waals surface area contributed by atoms with E-state index in [1.807, 2.05) is 24.3 Å². The van der Waals surface area contributed by atoms with Crippen LogP contribution in [0.1, 0.15) is 30.9 Å². The summed E-state index contributed by atoms with van der Waals surface area (Å²) >= 11 is 0. The third kappa shape index (κ3) is 3.45. The molecule has 2 N–H and O–H groups in total. The fourth-order valence-corrected chi connectivity index (χ4v) is 4.17. The Bertz CT molecular complexity index is 790. The summed E-state index contributed by atoms with van der Waals surface area (Å²) in [6.45, 7) is 5.68. The highest BCUT2D eigenvalue weighted by Crippen LogP contribution is 2.44. The monoisotopic (exact) mass is 366 g/mol. The average molecular weight is 366 g/mol. The number of ether oxygens (including phenoxy) is 1. The van der Waals surface area contributed by atoms with Crippen LogP contribution in [0.15, 0.2) is 48.5 Å². The Morgan fingerprint density at radius 1 is 1.11 bits per heavy atom. The summed E-state index contributed by atoms with van der Waals surface area (Å²) < 4.78 is 5.57. The number of alkyl carbamates (subject to hydrolysis) is 1. The lowest BCUT2D eigenvalue weighted by atomic mass is 9.98. The van der Waals surface area contributed by atoms with Crippen molar-refractivity contribution in [3.05, 3.63) is 59.7 Å². The van der Waals surface area contributed by atoms with Gasteiger partial charge in [-0.05, 0) is 36.1 Å². The predicted molar refractivity (Wildman–Crippen MR) is 105 cm³/mol. The smallest absolute Gasteiger partial charge is 0.407 e. The molecule has 1 aliphatic heterocycles. The van der Waals surface area contributed by atoms with Gasteiger partial charge >= 0.3 is 6.09 Å². The maximum Gasteiger partial charge on any atom is 0.407 e. The van der Waals surface area contributed by atoms with Crippen molar-refractivity contribution in [3.63, 3.8) is 0 Å². The number of carbonyl (C=O) groups is 1. The van der Waals surface area contributed by atoms with Crippen molar-refractivity contribution < 1.29 is 14.6 Å². The van der Waals surface area contributed by atoms with E-state index >= 15 is 0 Å². The van der Waals surface area contributed by atoms with Crippen LogP contribution in [0.4, 0.5) is 4.79 Å². The predicted octanol–water partition coefficient (Wildman–Crippen LogP) is 2.98. The zero-order valence-electron chi connectivity index (χ0n) is 15.8. The van der Waals surface area contributed by atoms with Gasteiger partial charge in [-0.15, -0.1) is 0 Å². The Morgan fingerprint density at radius 3 is 2.26 bits per heavy atom. The molecule has 0 saturated carbocycles. The largest absolute Gasteiger partial charge is 0.449 e. The van der Waals surface area contributed by atoms with Crippen LogP contribution >= 0.6 is 0 Å². The number of benzene rings is 2. The van der Waals surface area contributed by atoms with Crippen LogP contribution < -0.4 is 5.32 Å². The number of nitrogens with one attached hydrogen (secondary N) is 1. The van der Waals surface area contributed by atoms with E-state index in [1.54, 1.807) is 0 Å². The lowest BCUT2D eigenvalue weighted by Crippen LogP contribution is -2.43. The van der Waals surface area contributed by atoms with Crippen LogP contribution in [0.5, 0.6) is 0 Å². The molecule has 2 aromatic rings. The van der Waals surface area contributed by atoms with Gasteiger partial charge in [0.15, 0.2) is 0 Å². The summed E-state index contributed by atoms with van der Waals surface area (Å²) in [5.41, 5.74) is 4.80. The van der Waals surface area contributed by atoms with E-state index in [4.69, 9.17) is 4.74 Å². The number of β-amino-alcohol motifs (C(OH)–C–C–N with tert-alkyl or cyclic N) is 1. The number of aliphatic hydroxyl groups excluding tert-OH is 1. The van der Waals surface area contributed by atoms with Gasteiger partial charge in [0, 0.05) is 25.0 Å². The molecule has 2 aromatic carbocycles. The molecule has 1 aliphatic carbocycles. The van der Waals surface area contributed by atoms with Crippen LogP contribution in [-0.4, -0.2) is 54.0 Å². The zero-order chi connectivity index (χ0) is 19.0. The SMILES string of the molecule is CC(C)N1C[C@@H](O)[C@H](NC(=O)OCC2c3ccccc3-c3ccccc32)C1. The standard InChI is InChI=1S/C22H26N2O3/c1-14(2)24-11-20(21(25)12-24)23-22(26)27-13-19-17-9-5-3-7-15(17)16-8-4-6-10-18(16)19/h3-10,14,19-21,25H,11-13H2,1-2H3,(H,23,26)/t20-,21-/m1/s1. The molecule has 27 heavy (non-hydrogen) atoms. The van der Waals surface area contributed by atoms with E-state index in [0.29, 0.717) is 19.1 Å². The van der Waals surface area contributed by atoms with Crippen molar-refractivity contribution in [3.8, 4) is 11.1 Å². The molecular formula is C22H26N2O3. The van der Waals surface area contributed by atoms with E-state index < -0.39 is 12.2 Å². The van der Waals surface area contributed by atoms with Crippen molar-refractivity contribution >= 4 is 6.09 Å². The number of amides is 1. The summed E-state index contributed by atoms with van der Waals surface area (Å²) in [5, 5.41) is 13.0. The number of fused-ring (bicyclic) bond motifs is 3. The van der Waals surface area contributed by atoms with Crippen LogP contribution in [0.3, 0.4) is 0 Å². The second-order valence-electron chi connectivity index (χ2n) is 7.69. The van der Waals surface area contributed by atoms with Gasteiger partial charge in [-0.25, -0.2) is 4.79 Å². The molecule has 5 heteroatoms. The topological polar surface area (TPSA) is 61.8 Å². The summed E-state index contributed by atoms with van der Waals surface area (Å²) in [6.07, 6.45) is -1.03. The molecule has 0 aromatic heterocycles. The number of likely N-dealkylation sites (tertiary alicyclic amines) is 1. The molecular weight excluding hydrogens is 340 g/mol. The number of aliphatic hydroxyl groups is 1. The Hall–Kier alpha value is -2.37. The maximum absolute atomic E-state index is 12.3. The van der Waals surface area contributed by atoms with Gasteiger partial charge in [0.2, 0.25) is 0 Å². The zero-order valence-corrected chi connectivity index (χ0v) is 15.8. The Labute approximate surface area is 160 Å². The van der Waals surface area contributed by atoms with Gasteiger partial charge in [0.05, 0.1) is 12.1 Å². The molecule has 2 aliphatic rings. The summed E-state index contributed by atoms with van der Waals surface area (Å²) in [5.74, 6) is 0.0452. The average Bonchev–Trinajstić information content (AvgIpc) is 3.19. The fraction of sp³-hybridized carbons (Fsp3) is 0.409. The van der Waals surface area contributed by atoms with Crippen LogP contribution in [-0.2, 0) is 4.74 Å². The second-order valence-corrected chi connectivity index (χ2v) is 7.69. The first-order valence-corrected chi connectivity index (χ1v) is 9.58. The quantitative estimate of drug-likeness (QED) is 0.873. The van der Waals surface area contributed by atoms with Crippen LogP contribution in [0, 0.1) is 0 Å². The number of rotatable bonds is 4. The summed E-state index contributed by atoms with van der Waals surface area (Å²) in [7, 11) is 0. The van der Waals surface area contributed by atoms with E-state index in [2.05, 4.69) is 48.3 Å². The molecule has 1 amide bonds. The lowest BCUT2D eigenvalue weighted by molar-refractivity contribution is 0.119. The summed E-state index contributed by atoms with van der Waals surface area (Å²) in [6, 6.07) is 16.6. The first-order chi connectivity index (χ1) is 13.0. The molecule has 1 saturated heterocycles. The minimum Gasteiger partial charge on any atom is -0.449 e. The van der Waals surface area contributed by atoms with E-state index in [9.17, 15) is 9.90 Å². The van der Waals surface area contributed by atoms with Crippen molar-refractivity contribution in [2.24, 2.45) is 0 Å². The molecule has 1 fully saturated rings. The highest BCUT2D eigenvalue weighted by molar-refractivity contribution is 5.79. The lowest BCUT2D eigenvalue weighted by Gasteiger charge is -2.20. The first-order valence-electron chi connectivity index (χ1n) is 9.58. The minimum absolute atomic E-state index is 0.0452. The van der Waals surface area contributed by atoms with E-state index in [1.165, 1.54) is 22.3 Å². The van der Waals surface area contributed by atoms with Crippen molar-refractivity contribution in [2.75, 3.05) is 19.7 Å². The Morgan fingerprint density at radius 2 is 1.70 bits per heavy atom. The van der Waals surface area contributed by atoms with Gasteiger partial charge in [-0.3, -0.25) is 4.90 Å². The number of hydrogen-bond donors (Lipinski definition) is 2. The summed E-state index contributed by atoms with van der Waals surface area (Å²) in [4.78, 5) is 14.5. The number of hydrogen-bond acceptors (Lipinski definition) is 4. The molecule has 0 bridgehead atoms. The van der Waals surface area contributed by atoms with Crippen LogP contribution in [0.2, 0.25) is 0 Å². The molecule has 4 rings (SSSR count). The van der Waals surface area contributed by atoms with Gasteiger partial charge in [0.1, 0.15) is 6.61 Å². The fourth-order valence-electron chi connectivity index (χ4n) is 4.17. The normalized spacial score (nSPS) is 21.9. The molecule has 5 nitrogen and oxygen atoms in total. The Balaban J connectivity index is 1.41. The van der Waals surface area contributed by atoms with Gasteiger partial charge in [-0.1, -0.05) is 48.5 Å². The highest BCUT2D eigenvalue weighted by atomic mass is 16.5. The first kappa shape index (κ1) is 18.0. The third-order valence-corrected chi connectivity index (χ3v) is 5.69. The number of nitrogens with zero attached hydrogens (tertiary/aromatic N) is 1. The molecule has 0 unspecified atom stereocenters. The van der Waals surface area contributed by atoms with Gasteiger partial charge in [0.25, 0.3) is 0 Å². The third-order valence-electron chi connectivity index (χ3n) is 5.69. The highest BCUT2D eigenvalue weighted by Gasteiger charge is 2.34. The van der Waals surface area contributed by atoms with Crippen molar-refractivity contribution in [1.29, 1.82) is 0 Å². The van der Waals surface area contributed by atoms with Crippen molar-refractivity contribution in [2.45, 2.75) is 38.0 Å². The van der Waals surface area contributed by atoms with Crippen LogP contribution in [0.25, 0.3) is 11.1 Å². The second kappa shape index (κ2) is 7.33. The van der Waals surface area contributed by atoms with Gasteiger partial charge < -0.3 is 15.2 Å². The Kier molecular flexibility index (Phi) is 4.89. The molecule has 1 heterocycles. The molecule has 142 valence electrons. The molecule has 0 radical (unpaired) electrons. The number of carbonyl (C=O) groups excluding carboxylic acids is 1. The van der Waals surface area contributed by atoms with E-state index in [0.717, 1.165) is 0 Å². The minimum atomic E-state index is -0.562. The molecule has 2 atom stereocenters.